The first-order valence-corrected chi connectivity index (χ1v) is 8.56. The van der Waals surface area contributed by atoms with Crippen LogP contribution in [-0.2, 0) is 23.9 Å². The maximum Gasteiger partial charge on any atom is 0.357 e. The smallest absolute Gasteiger partial charge is 0.357 e. The van der Waals surface area contributed by atoms with Crippen molar-refractivity contribution in [3.63, 3.8) is 0 Å². The van der Waals surface area contributed by atoms with Gasteiger partial charge >= 0.3 is 17.9 Å². The average molecular weight is 363 g/mol. The molecule has 2 atom stereocenters. The third-order valence-electron chi connectivity index (χ3n) is 3.96. The minimum atomic E-state index is -0.761. The number of rotatable bonds is 4. The molecule has 1 aliphatic heterocycles. The number of hydroxylamine groups is 2. The molecule has 1 saturated heterocycles. The first kappa shape index (κ1) is 19.9. The van der Waals surface area contributed by atoms with E-state index in [1.165, 1.54) is 12.2 Å². The van der Waals surface area contributed by atoms with Gasteiger partial charge in [-0.3, -0.25) is 9.59 Å². The molecule has 1 aliphatic rings. The molecule has 1 aromatic rings. The molecule has 1 heterocycles. The fourth-order valence-electron chi connectivity index (χ4n) is 2.74. The number of ether oxygens (including phenoxy) is 2. The van der Waals surface area contributed by atoms with Gasteiger partial charge in [0.2, 0.25) is 0 Å². The van der Waals surface area contributed by atoms with Crippen LogP contribution >= 0.6 is 0 Å². The van der Waals surface area contributed by atoms with Crippen molar-refractivity contribution < 1.29 is 28.7 Å². The Kier molecular flexibility index (Phi) is 6.37. The van der Waals surface area contributed by atoms with E-state index < -0.39 is 35.5 Å². The predicted octanol–water partition coefficient (Wildman–Crippen LogP) is 2.35. The number of esters is 2. The molecule has 0 unspecified atom stereocenters. The van der Waals surface area contributed by atoms with Gasteiger partial charge in [-0.2, -0.15) is 0 Å². The summed E-state index contributed by atoms with van der Waals surface area (Å²) in [4.78, 5) is 42.2. The Hall–Kier alpha value is -2.41. The van der Waals surface area contributed by atoms with Gasteiger partial charge in [0.05, 0.1) is 18.6 Å². The lowest BCUT2D eigenvalue weighted by Crippen LogP contribution is -2.51. The summed E-state index contributed by atoms with van der Waals surface area (Å²) >= 11 is 0. The van der Waals surface area contributed by atoms with Crippen LogP contribution in [0.25, 0.3) is 0 Å². The summed E-state index contributed by atoms with van der Waals surface area (Å²) in [6.07, 6.45) is 0.784. The zero-order chi connectivity index (χ0) is 19.3. The third kappa shape index (κ3) is 5.29. The topological polar surface area (TPSA) is 82.1 Å². The van der Waals surface area contributed by atoms with Crippen LogP contribution in [0.4, 0.5) is 0 Å². The van der Waals surface area contributed by atoms with Crippen LogP contribution in [0, 0.1) is 5.92 Å². The van der Waals surface area contributed by atoms with Crippen molar-refractivity contribution in [3.8, 4) is 0 Å². The maximum atomic E-state index is 12.5. The SMILES string of the molecule is COC(=O)[C@H]1CC[C@@H](C(=O)OC(C)(C)C)N(OC(=O)c2ccccc2)C1. The average Bonchev–Trinajstić information content (AvgIpc) is 2.60. The van der Waals surface area contributed by atoms with Gasteiger partial charge in [0.1, 0.15) is 11.6 Å². The molecule has 0 N–H and O–H groups in total. The van der Waals surface area contributed by atoms with Crippen molar-refractivity contribution in [1.29, 1.82) is 0 Å². The highest BCUT2D eigenvalue weighted by Crippen LogP contribution is 2.26. The quantitative estimate of drug-likeness (QED) is 0.760. The third-order valence-corrected chi connectivity index (χ3v) is 3.96. The minimum Gasteiger partial charge on any atom is -0.469 e. The lowest BCUT2D eigenvalue weighted by atomic mass is 9.94. The van der Waals surface area contributed by atoms with E-state index in [1.807, 2.05) is 0 Å². The molecule has 7 heteroatoms. The number of benzene rings is 1. The fourth-order valence-corrected chi connectivity index (χ4v) is 2.74. The highest BCUT2D eigenvalue weighted by atomic mass is 16.7. The van der Waals surface area contributed by atoms with Crippen LogP contribution < -0.4 is 0 Å². The van der Waals surface area contributed by atoms with E-state index in [4.69, 9.17) is 14.3 Å². The largest absolute Gasteiger partial charge is 0.469 e. The second-order valence-corrected chi connectivity index (χ2v) is 7.19. The zero-order valence-corrected chi connectivity index (χ0v) is 15.6. The van der Waals surface area contributed by atoms with Crippen molar-refractivity contribution in [1.82, 2.24) is 5.06 Å². The lowest BCUT2D eigenvalue weighted by molar-refractivity contribution is -0.199. The summed E-state index contributed by atoms with van der Waals surface area (Å²) in [6, 6.07) is 7.70. The van der Waals surface area contributed by atoms with Gasteiger partial charge in [-0.25, -0.2) is 4.79 Å². The summed E-state index contributed by atoms with van der Waals surface area (Å²) in [6.45, 7) is 5.39. The number of carbonyl (C=O) groups is 3. The minimum absolute atomic E-state index is 0.0785. The van der Waals surface area contributed by atoms with Gasteiger partial charge in [0, 0.05) is 6.54 Å². The number of hydrogen-bond donors (Lipinski definition) is 0. The summed E-state index contributed by atoms with van der Waals surface area (Å²) < 4.78 is 10.2. The number of nitrogens with zero attached hydrogens (tertiary/aromatic N) is 1. The molecule has 0 bridgehead atoms. The van der Waals surface area contributed by atoms with E-state index >= 15 is 0 Å². The highest BCUT2D eigenvalue weighted by Gasteiger charge is 2.40. The van der Waals surface area contributed by atoms with Crippen molar-refractivity contribution >= 4 is 17.9 Å². The van der Waals surface area contributed by atoms with Crippen molar-refractivity contribution in [3.05, 3.63) is 35.9 Å². The molecule has 7 nitrogen and oxygen atoms in total. The molecule has 26 heavy (non-hydrogen) atoms. The molecule has 142 valence electrons. The molecular formula is C19H25NO6. The molecule has 0 saturated carbocycles. The van der Waals surface area contributed by atoms with Gasteiger partial charge < -0.3 is 14.3 Å². The fraction of sp³-hybridized carbons (Fsp3) is 0.526. The molecule has 0 radical (unpaired) electrons. The van der Waals surface area contributed by atoms with Crippen LogP contribution in [0.5, 0.6) is 0 Å². The van der Waals surface area contributed by atoms with Crippen molar-refractivity contribution in [2.45, 2.75) is 45.3 Å². The second-order valence-electron chi connectivity index (χ2n) is 7.19. The molecule has 1 fully saturated rings. The number of hydrogen-bond acceptors (Lipinski definition) is 7. The van der Waals surface area contributed by atoms with Gasteiger partial charge in [-0.15, -0.1) is 5.06 Å². The standard InChI is InChI=1S/C19H25NO6/c1-19(2,3)25-18(23)15-11-10-14(16(21)24-4)12-20(15)26-17(22)13-8-6-5-7-9-13/h5-9,14-15H,10-12H2,1-4H3/t14-,15-/m0/s1. The Morgan fingerprint density at radius 1 is 1.04 bits per heavy atom. The molecule has 0 aromatic heterocycles. The molecule has 2 rings (SSSR count). The Labute approximate surface area is 153 Å². The number of piperidine rings is 1. The summed E-state index contributed by atoms with van der Waals surface area (Å²) in [5.41, 5.74) is -0.304. The monoisotopic (exact) mass is 363 g/mol. The van der Waals surface area contributed by atoms with Gasteiger partial charge in [0.15, 0.2) is 0 Å². The van der Waals surface area contributed by atoms with E-state index in [9.17, 15) is 14.4 Å². The number of methoxy groups -OCH3 is 1. The van der Waals surface area contributed by atoms with Crippen LogP contribution in [0.1, 0.15) is 44.0 Å². The summed E-state index contributed by atoms with van der Waals surface area (Å²) in [5, 5.41) is 1.24. The van der Waals surface area contributed by atoms with E-state index in [0.29, 0.717) is 18.4 Å². The van der Waals surface area contributed by atoms with Crippen LogP contribution in [0.15, 0.2) is 30.3 Å². The summed E-state index contributed by atoms with van der Waals surface area (Å²) in [7, 11) is 1.31. The first-order valence-electron chi connectivity index (χ1n) is 8.56. The van der Waals surface area contributed by atoms with E-state index in [-0.39, 0.29) is 6.54 Å². The molecule has 0 spiro atoms. The Morgan fingerprint density at radius 2 is 1.69 bits per heavy atom. The zero-order valence-electron chi connectivity index (χ0n) is 15.6. The maximum absolute atomic E-state index is 12.5. The van der Waals surface area contributed by atoms with E-state index in [0.717, 1.165) is 0 Å². The van der Waals surface area contributed by atoms with E-state index in [1.54, 1.807) is 51.1 Å². The number of carbonyl (C=O) groups excluding carboxylic acids is 3. The van der Waals surface area contributed by atoms with Crippen molar-refractivity contribution in [2.24, 2.45) is 5.92 Å². The predicted molar refractivity (Wildman–Crippen MR) is 92.9 cm³/mol. The molecule has 1 aromatic carbocycles. The van der Waals surface area contributed by atoms with Gasteiger partial charge in [0.25, 0.3) is 0 Å². The van der Waals surface area contributed by atoms with Crippen LogP contribution in [0.2, 0.25) is 0 Å². The Bertz CT molecular complexity index is 652. The van der Waals surface area contributed by atoms with E-state index in [2.05, 4.69) is 0 Å². The highest BCUT2D eigenvalue weighted by molar-refractivity contribution is 5.89. The first-order chi connectivity index (χ1) is 12.2. The van der Waals surface area contributed by atoms with Gasteiger partial charge in [-0.1, -0.05) is 18.2 Å². The van der Waals surface area contributed by atoms with Gasteiger partial charge in [-0.05, 0) is 45.7 Å². The summed E-state index contributed by atoms with van der Waals surface area (Å²) in [5.74, 6) is -1.94. The Balaban J connectivity index is 2.16. The molecule has 0 amide bonds. The van der Waals surface area contributed by atoms with Crippen LogP contribution in [0.3, 0.4) is 0 Å². The van der Waals surface area contributed by atoms with Crippen LogP contribution in [-0.4, -0.2) is 48.3 Å². The Morgan fingerprint density at radius 3 is 2.27 bits per heavy atom. The molecular weight excluding hydrogens is 338 g/mol. The normalized spacial score (nSPS) is 20.9. The van der Waals surface area contributed by atoms with Crippen molar-refractivity contribution in [2.75, 3.05) is 13.7 Å². The lowest BCUT2D eigenvalue weighted by Gasteiger charge is -2.36. The molecule has 0 aliphatic carbocycles. The second kappa shape index (κ2) is 8.31.